The molecule has 1 fully saturated rings. The maximum Gasteiger partial charge on any atom is 0.410 e. The summed E-state index contributed by atoms with van der Waals surface area (Å²) < 4.78 is 33.1. The summed E-state index contributed by atoms with van der Waals surface area (Å²) in [5.74, 6) is -1.14. The number of carbonyl (C=O) groups is 1. The van der Waals surface area contributed by atoms with Crippen molar-refractivity contribution in [3.8, 4) is 5.75 Å². The lowest BCUT2D eigenvalue weighted by Crippen LogP contribution is -2.43. The fraction of sp³-hybridized carbons (Fsp3) is 0.522. The van der Waals surface area contributed by atoms with E-state index in [0.29, 0.717) is 43.3 Å². The van der Waals surface area contributed by atoms with E-state index in [1.807, 2.05) is 27.7 Å². The molecule has 180 valence electrons. The van der Waals surface area contributed by atoms with Gasteiger partial charge in [0.2, 0.25) is 0 Å². The highest BCUT2D eigenvalue weighted by atomic mass is 19.1. The largest absolute Gasteiger partial charge is 0.505 e. The Kier molecular flexibility index (Phi) is 7.55. The molecule has 1 saturated heterocycles. The normalized spacial score (nSPS) is 14.8. The van der Waals surface area contributed by atoms with Gasteiger partial charge in [0.05, 0.1) is 5.69 Å². The van der Waals surface area contributed by atoms with Crippen LogP contribution >= 0.6 is 0 Å². The summed E-state index contributed by atoms with van der Waals surface area (Å²) in [5.41, 5.74) is -0.645. The Morgan fingerprint density at radius 1 is 1.21 bits per heavy atom. The van der Waals surface area contributed by atoms with E-state index in [9.17, 15) is 18.7 Å². The molecule has 1 aliphatic rings. The molecule has 8 nitrogen and oxygen atoms in total. The van der Waals surface area contributed by atoms with Gasteiger partial charge in [-0.15, -0.1) is 0 Å². The lowest BCUT2D eigenvalue weighted by molar-refractivity contribution is 0.0186. The number of hydrogen-bond acceptors (Lipinski definition) is 7. The van der Waals surface area contributed by atoms with Crippen LogP contribution in [0.5, 0.6) is 5.75 Å². The van der Waals surface area contributed by atoms with Crippen LogP contribution in [0.3, 0.4) is 0 Å². The second kappa shape index (κ2) is 10.2. The lowest BCUT2D eigenvalue weighted by Gasteiger charge is -2.35. The summed E-state index contributed by atoms with van der Waals surface area (Å²) >= 11 is 0. The number of carbonyl (C=O) groups excluding carboxylic acids is 1. The third-order valence-electron chi connectivity index (χ3n) is 5.40. The number of hydrogen-bond donors (Lipinski definition) is 2. The number of amides is 1. The van der Waals surface area contributed by atoms with Crippen LogP contribution in [-0.2, 0) is 4.74 Å². The highest BCUT2D eigenvalue weighted by molar-refractivity contribution is 5.68. The summed E-state index contributed by atoms with van der Waals surface area (Å²) in [7, 11) is 0. The third kappa shape index (κ3) is 6.66. The quantitative estimate of drug-likeness (QED) is 0.601. The first kappa shape index (κ1) is 24.5. The molecule has 0 saturated carbocycles. The Hall–Kier alpha value is -3.17. The predicted octanol–water partition coefficient (Wildman–Crippen LogP) is 4.68. The Morgan fingerprint density at radius 2 is 1.91 bits per heavy atom. The molecule has 2 aromatic rings. The number of ether oxygens (including phenoxy) is 1. The monoisotopic (exact) mass is 463 g/mol. The molecule has 0 atom stereocenters. The number of halogens is 2. The molecular formula is C23H31F2N5O3. The Labute approximate surface area is 192 Å². The van der Waals surface area contributed by atoms with Crippen molar-refractivity contribution in [3.63, 3.8) is 0 Å². The first-order valence-electron chi connectivity index (χ1n) is 11.1. The molecule has 10 heteroatoms. The lowest BCUT2D eigenvalue weighted by atomic mass is 9.96. The van der Waals surface area contributed by atoms with Crippen molar-refractivity contribution >= 4 is 23.4 Å². The van der Waals surface area contributed by atoms with Crippen LogP contribution in [0.15, 0.2) is 24.5 Å². The summed E-state index contributed by atoms with van der Waals surface area (Å²) in [6, 6.07) is 3.26. The molecule has 3 rings (SSSR count). The zero-order valence-electron chi connectivity index (χ0n) is 19.4. The zero-order valence-corrected chi connectivity index (χ0v) is 19.4. The first-order chi connectivity index (χ1) is 15.6. The van der Waals surface area contributed by atoms with Crippen molar-refractivity contribution in [2.75, 3.05) is 36.4 Å². The van der Waals surface area contributed by atoms with Gasteiger partial charge < -0.3 is 25.0 Å². The number of nitrogens with one attached hydrogen (secondary N) is 1. The van der Waals surface area contributed by atoms with Crippen LogP contribution in [0.25, 0.3) is 0 Å². The Bertz CT molecular complexity index is 975. The number of rotatable bonds is 6. The van der Waals surface area contributed by atoms with Gasteiger partial charge in [0, 0.05) is 44.4 Å². The smallest absolute Gasteiger partial charge is 0.410 e. The van der Waals surface area contributed by atoms with Crippen LogP contribution in [0.1, 0.15) is 40.5 Å². The van der Waals surface area contributed by atoms with Gasteiger partial charge in [0.25, 0.3) is 0 Å². The first-order valence-corrected chi connectivity index (χ1v) is 11.1. The zero-order chi connectivity index (χ0) is 24.2. The van der Waals surface area contributed by atoms with Gasteiger partial charge in [0.15, 0.2) is 17.4 Å². The van der Waals surface area contributed by atoms with Crippen LogP contribution < -0.4 is 10.2 Å². The van der Waals surface area contributed by atoms with E-state index < -0.39 is 23.0 Å². The number of likely N-dealkylation sites (tertiary alicyclic amines) is 1. The molecule has 1 amide bonds. The third-order valence-corrected chi connectivity index (χ3v) is 5.40. The number of aromatic nitrogens is 2. The van der Waals surface area contributed by atoms with Gasteiger partial charge in [0.1, 0.15) is 23.6 Å². The van der Waals surface area contributed by atoms with E-state index in [-0.39, 0.29) is 11.8 Å². The van der Waals surface area contributed by atoms with E-state index in [0.717, 1.165) is 25.5 Å². The van der Waals surface area contributed by atoms with E-state index >= 15 is 0 Å². The summed E-state index contributed by atoms with van der Waals surface area (Å²) in [6.07, 6.45) is 2.78. The van der Waals surface area contributed by atoms with Crippen molar-refractivity contribution in [1.82, 2.24) is 14.9 Å². The molecule has 1 aliphatic heterocycles. The molecule has 0 spiro atoms. The number of phenols is 1. The second-order valence-corrected chi connectivity index (χ2v) is 9.12. The molecule has 0 radical (unpaired) electrons. The van der Waals surface area contributed by atoms with Gasteiger partial charge >= 0.3 is 6.09 Å². The molecule has 33 heavy (non-hydrogen) atoms. The molecular weight excluding hydrogens is 432 g/mol. The van der Waals surface area contributed by atoms with Gasteiger partial charge in [-0.2, -0.15) is 0 Å². The fourth-order valence-electron chi connectivity index (χ4n) is 3.68. The average Bonchev–Trinajstić information content (AvgIpc) is 2.75. The van der Waals surface area contributed by atoms with Crippen LogP contribution in [0.4, 0.5) is 30.9 Å². The van der Waals surface area contributed by atoms with E-state index in [1.54, 1.807) is 11.0 Å². The van der Waals surface area contributed by atoms with E-state index in [2.05, 4.69) is 20.2 Å². The van der Waals surface area contributed by atoms with Crippen LogP contribution in [-0.4, -0.2) is 57.8 Å². The fourth-order valence-corrected chi connectivity index (χ4v) is 3.68. The van der Waals surface area contributed by atoms with Crippen molar-refractivity contribution < 1.29 is 23.4 Å². The highest BCUT2D eigenvalue weighted by Crippen LogP contribution is 2.27. The molecule has 0 bridgehead atoms. The van der Waals surface area contributed by atoms with Crippen molar-refractivity contribution in [2.45, 2.75) is 46.1 Å². The number of phenolic OH excluding ortho intramolecular Hbond substituents is 1. The van der Waals surface area contributed by atoms with Gasteiger partial charge in [-0.3, -0.25) is 0 Å². The number of nitrogens with zero attached hydrogens (tertiary/aromatic N) is 4. The topological polar surface area (TPSA) is 90.8 Å². The SMILES string of the molecule is CCN(CC1CCN(C(=O)OC(C)(C)C)CC1)c1cc(Nc2cc(F)c(O)cc2F)ncn1. The minimum atomic E-state index is -0.930. The highest BCUT2D eigenvalue weighted by Gasteiger charge is 2.28. The van der Waals surface area contributed by atoms with Crippen molar-refractivity contribution in [2.24, 2.45) is 5.92 Å². The molecule has 0 unspecified atom stereocenters. The maximum atomic E-state index is 14.0. The van der Waals surface area contributed by atoms with Gasteiger partial charge in [-0.25, -0.2) is 23.5 Å². The molecule has 1 aromatic carbocycles. The molecule has 2 N–H and O–H groups in total. The average molecular weight is 464 g/mol. The summed E-state index contributed by atoms with van der Waals surface area (Å²) in [4.78, 5) is 24.5. The number of aromatic hydroxyl groups is 1. The van der Waals surface area contributed by atoms with Gasteiger partial charge in [-0.1, -0.05) is 0 Å². The van der Waals surface area contributed by atoms with Gasteiger partial charge in [-0.05, 0) is 46.5 Å². The van der Waals surface area contributed by atoms with E-state index in [1.165, 1.54) is 6.33 Å². The molecule has 1 aromatic heterocycles. The second-order valence-electron chi connectivity index (χ2n) is 9.12. The summed E-state index contributed by atoms with van der Waals surface area (Å²) in [5, 5.41) is 12.0. The van der Waals surface area contributed by atoms with Crippen molar-refractivity contribution in [3.05, 3.63) is 36.2 Å². The van der Waals surface area contributed by atoms with Crippen LogP contribution in [0.2, 0.25) is 0 Å². The standard InChI is InChI=1S/C23H31F2N5O3/c1-5-29(13-15-6-8-30(9-7-15)22(32)33-23(2,3)4)21-12-20(26-14-27-21)28-18-10-17(25)19(31)11-16(18)24/h10-12,14-15,31H,5-9,13H2,1-4H3,(H,26,27,28). The number of anilines is 3. The van der Waals surface area contributed by atoms with Crippen molar-refractivity contribution in [1.29, 1.82) is 0 Å². The number of benzene rings is 1. The van der Waals surface area contributed by atoms with E-state index in [4.69, 9.17) is 4.74 Å². The maximum absolute atomic E-state index is 14.0. The predicted molar refractivity (Wildman–Crippen MR) is 122 cm³/mol. The molecule has 0 aliphatic carbocycles. The Morgan fingerprint density at radius 3 is 2.55 bits per heavy atom. The minimum absolute atomic E-state index is 0.132. The molecule has 2 heterocycles. The summed E-state index contributed by atoms with van der Waals surface area (Å²) in [6.45, 7) is 10.3. The Balaban J connectivity index is 1.61. The minimum Gasteiger partial charge on any atom is -0.505 e. The number of piperidine rings is 1. The van der Waals surface area contributed by atoms with Crippen LogP contribution in [0, 0.1) is 17.6 Å².